The van der Waals surface area contributed by atoms with Crippen LogP contribution in [0.1, 0.15) is 91.7 Å². The Bertz CT molecular complexity index is 1540. The fourth-order valence-corrected chi connectivity index (χ4v) is 7.95. The first-order valence-electron chi connectivity index (χ1n) is 20.2. The molecule has 6 aromatic rings. The van der Waals surface area contributed by atoms with Crippen molar-refractivity contribution >= 4 is 0 Å². The normalized spacial score (nSPS) is 11.9. The molecule has 6 rings (SSSR count). The van der Waals surface area contributed by atoms with E-state index in [9.17, 15) is 0 Å². The summed E-state index contributed by atoms with van der Waals surface area (Å²) in [4.78, 5) is 0. The SMILES string of the molecule is CCCCCCCCCCOC(CNC(c1ccccc1)(c1ccccc1)c1ccccc1)CNC(c1ccccc1)(c1ccccc1)c1ccccc1. The van der Waals surface area contributed by atoms with E-state index in [1.54, 1.807) is 0 Å². The molecule has 0 bridgehead atoms. The van der Waals surface area contributed by atoms with Crippen LogP contribution in [0.5, 0.6) is 0 Å². The van der Waals surface area contributed by atoms with Crippen LogP contribution in [0.25, 0.3) is 0 Å². The van der Waals surface area contributed by atoms with Gasteiger partial charge in [0.15, 0.2) is 0 Å². The summed E-state index contributed by atoms with van der Waals surface area (Å²) in [6, 6.07) is 65.2. The van der Waals surface area contributed by atoms with E-state index in [1.165, 1.54) is 78.3 Å². The second-order valence-electron chi connectivity index (χ2n) is 14.4. The molecule has 0 atom stereocenters. The molecule has 0 fully saturated rings. The average molecular weight is 715 g/mol. The summed E-state index contributed by atoms with van der Waals surface area (Å²) in [5.41, 5.74) is 6.02. The Hall–Kier alpha value is -4.80. The summed E-state index contributed by atoms with van der Waals surface area (Å²) in [7, 11) is 0. The predicted molar refractivity (Wildman–Crippen MR) is 227 cm³/mol. The Kier molecular flexibility index (Phi) is 14.8. The summed E-state index contributed by atoms with van der Waals surface area (Å²) in [6.45, 7) is 4.28. The summed E-state index contributed by atoms with van der Waals surface area (Å²) < 4.78 is 6.97. The molecule has 2 N–H and O–H groups in total. The lowest BCUT2D eigenvalue weighted by molar-refractivity contribution is 0.0440. The molecule has 0 heterocycles. The van der Waals surface area contributed by atoms with Gasteiger partial charge in [0.1, 0.15) is 0 Å². The summed E-state index contributed by atoms with van der Waals surface area (Å²) >= 11 is 0. The fourth-order valence-electron chi connectivity index (χ4n) is 7.95. The number of ether oxygens (including phenoxy) is 1. The molecule has 0 aliphatic carbocycles. The van der Waals surface area contributed by atoms with Crippen LogP contribution in [-0.2, 0) is 15.8 Å². The third-order valence-electron chi connectivity index (χ3n) is 10.8. The van der Waals surface area contributed by atoms with Crippen molar-refractivity contribution in [3.05, 3.63) is 215 Å². The molecule has 0 aliphatic heterocycles. The van der Waals surface area contributed by atoms with Crippen molar-refractivity contribution in [1.29, 1.82) is 0 Å². The van der Waals surface area contributed by atoms with Gasteiger partial charge >= 0.3 is 0 Å². The second-order valence-corrected chi connectivity index (χ2v) is 14.4. The largest absolute Gasteiger partial charge is 0.376 e. The zero-order valence-corrected chi connectivity index (χ0v) is 32.1. The molecule has 0 amide bonds. The van der Waals surface area contributed by atoms with E-state index in [1.807, 2.05) is 0 Å². The molecule has 0 unspecified atom stereocenters. The topological polar surface area (TPSA) is 33.3 Å². The van der Waals surface area contributed by atoms with Crippen molar-refractivity contribution in [3.63, 3.8) is 0 Å². The number of unbranched alkanes of at least 4 members (excludes halogenated alkanes) is 7. The Morgan fingerprint density at radius 2 is 0.630 bits per heavy atom. The Labute approximate surface area is 324 Å². The van der Waals surface area contributed by atoms with E-state index in [-0.39, 0.29) is 6.10 Å². The molecule has 3 heteroatoms. The van der Waals surface area contributed by atoms with Crippen molar-refractivity contribution < 1.29 is 4.74 Å². The molecule has 278 valence electrons. The minimum absolute atomic E-state index is 0.124. The fraction of sp³-hybridized carbons (Fsp3) is 0.294. The lowest BCUT2D eigenvalue weighted by Crippen LogP contribution is -2.53. The van der Waals surface area contributed by atoms with Crippen molar-refractivity contribution in [2.75, 3.05) is 19.7 Å². The van der Waals surface area contributed by atoms with Crippen LogP contribution in [0, 0.1) is 0 Å². The molecular weight excluding hydrogens is 657 g/mol. The van der Waals surface area contributed by atoms with E-state index in [4.69, 9.17) is 4.74 Å². The molecule has 6 aromatic carbocycles. The number of hydrogen-bond donors (Lipinski definition) is 2. The van der Waals surface area contributed by atoms with Gasteiger partial charge < -0.3 is 4.74 Å². The van der Waals surface area contributed by atoms with Crippen molar-refractivity contribution in [3.8, 4) is 0 Å². The standard InChI is InChI=1S/C51H58N2O/c1-2-3-4-5-6-7-8-27-40-54-49(41-52-50(43-28-15-9-16-29-43,44-30-17-10-18-31-44)45-32-19-11-20-33-45)42-53-51(46-34-21-12-22-35-46,47-36-23-13-24-37-47)48-38-25-14-26-39-48/h9-26,28-39,49,52-53H,2-8,27,40-42H2,1H3. The van der Waals surface area contributed by atoms with Crippen LogP contribution in [0.4, 0.5) is 0 Å². The van der Waals surface area contributed by atoms with Crippen LogP contribution < -0.4 is 10.6 Å². The van der Waals surface area contributed by atoms with Crippen molar-refractivity contribution in [1.82, 2.24) is 10.6 Å². The maximum Gasteiger partial charge on any atom is 0.0948 e. The molecule has 3 nitrogen and oxygen atoms in total. The first-order valence-corrected chi connectivity index (χ1v) is 20.2. The molecule has 0 aliphatic rings. The maximum atomic E-state index is 6.97. The lowest BCUT2D eigenvalue weighted by atomic mass is 9.76. The van der Waals surface area contributed by atoms with E-state index < -0.39 is 11.1 Å². The molecular formula is C51H58N2O. The molecule has 0 spiro atoms. The van der Waals surface area contributed by atoms with E-state index >= 15 is 0 Å². The van der Waals surface area contributed by atoms with Gasteiger partial charge in [-0.2, -0.15) is 0 Å². The summed E-state index contributed by atoms with van der Waals surface area (Å²) in [6.07, 6.45) is 10.0. The van der Waals surface area contributed by atoms with Gasteiger partial charge in [-0.05, 0) is 39.8 Å². The van der Waals surface area contributed by atoms with Gasteiger partial charge in [-0.3, -0.25) is 10.6 Å². The number of nitrogens with one attached hydrogen (secondary N) is 2. The molecule has 0 saturated carbocycles. The maximum absolute atomic E-state index is 6.97. The Morgan fingerprint density at radius 3 is 0.907 bits per heavy atom. The highest BCUT2D eigenvalue weighted by atomic mass is 16.5. The predicted octanol–water partition coefficient (Wildman–Crippen LogP) is 11.7. The molecule has 0 radical (unpaired) electrons. The highest BCUT2D eigenvalue weighted by molar-refractivity contribution is 5.51. The lowest BCUT2D eigenvalue weighted by Gasteiger charge is -2.40. The first kappa shape index (κ1) is 38.9. The van der Waals surface area contributed by atoms with Crippen LogP contribution in [0.2, 0.25) is 0 Å². The highest BCUT2D eigenvalue weighted by Gasteiger charge is 2.39. The van der Waals surface area contributed by atoms with Crippen LogP contribution in [-0.4, -0.2) is 25.8 Å². The number of rotatable bonds is 22. The smallest absolute Gasteiger partial charge is 0.0948 e. The third kappa shape index (κ3) is 9.65. The van der Waals surface area contributed by atoms with Crippen LogP contribution in [0.3, 0.4) is 0 Å². The third-order valence-corrected chi connectivity index (χ3v) is 10.8. The Morgan fingerprint density at radius 1 is 0.370 bits per heavy atom. The molecule has 0 saturated heterocycles. The summed E-state index contributed by atoms with van der Waals surface area (Å²) in [5, 5.41) is 8.31. The van der Waals surface area contributed by atoms with E-state index in [0.717, 1.165) is 13.0 Å². The average Bonchev–Trinajstić information content (AvgIpc) is 3.25. The van der Waals surface area contributed by atoms with Gasteiger partial charge in [0.2, 0.25) is 0 Å². The monoisotopic (exact) mass is 714 g/mol. The van der Waals surface area contributed by atoms with Crippen LogP contribution in [0.15, 0.2) is 182 Å². The zero-order chi connectivity index (χ0) is 37.2. The van der Waals surface area contributed by atoms with E-state index in [0.29, 0.717) is 13.1 Å². The Balaban J connectivity index is 1.34. The minimum Gasteiger partial charge on any atom is -0.376 e. The van der Waals surface area contributed by atoms with Gasteiger partial charge in [-0.25, -0.2) is 0 Å². The number of benzene rings is 6. The molecule has 54 heavy (non-hydrogen) atoms. The second kappa shape index (κ2) is 20.6. The van der Waals surface area contributed by atoms with Crippen molar-refractivity contribution in [2.24, 2.45) is 0 Å². The highest BCUT2D eigenvalue weighted by Crippen LogP contribution is 2.38. The quantitative estimate of drug-likeness (QED) is 0.0542. The van der Waals surface area contributed by atoms with Crippen LogP contribution >= 0.6 is 0 Å². The van der Waals surface area contributed by atoms with Gasteiger partial charge in [0.25, 0.3) is 0 Å². The van der Waals surface area contributed by atoms with Gasteiger partial charge in [0, 0.05) is 19.7 Å². The van der Waals surface area contributed by atoms with Gasteiger partial charge in [-0.15, -0.1) is 0 Å². The minimum atomic E-state index is -0.584. The summed E-state index contributed by atoms with van der Waals surface area (Å²) in [5.74, 6) is 0. The van der Waals surface area contributed by atoms with E-state index in [2.05, 4.69) is 200 Å². The number of hydrogen-bond acceptors (Lipinski definition) is 3. The molecule has 0 aromatic heterocycles. The van der Waals surface area contributed by atoms with Gasteiger partial charge in [-0.1, -0.05) is 234 Å². The first-order chi connectivity index (χ1) is 26.8. The van der Waals surface area contributed by atoms with Crippen molar-refractivity contribution in [2.45, 2.75) is 75.5 Å². The van der Waals surface area contributed by atoms with Gasteiger partial charge in [0.05, 0.1) is 17.2 Å². The zero-order valence-electron chi connectivity index (χ0n) is 32.1.